The van der Waals surface area contributed by atoms with Crippen LogP contribution >= 0.6 is 0 Å². The molecule has 1 amide bonds. The van der Waals surface area contributed by atoms with Gasteiger partial charge in [0.1, 0.15) is 0 Å². The quantitative estimate of drug-likeness (QED) is 0.810. The lowest BCUT2D eigenvalue weighted by Crippen LogP contribution is -2.26. The fourth-order valence-electron chi connectivity index (χ4n) is 2.05. The van der Waals surface area contributed by atoms with E-state index < -0.39 is 11.7 Å². The normalized spacial score (nSPS) is 19.8. The highest BCUT2D eigenvalue weighted by Gasteiger charge is 2.34. The Labute approximate surface area is 108 Å². The van der Waals surface area contributed by atoms with E-state index in [1.165, 1.54) is 17.1 Å². The molecular formula is C13H13F3N2O. The van der Waals surface area contributed by atoms with E-state index in [-0.39, 0.29) is 11.8 Å². The first-order valence-electron chi connectivity index (χ1n) is 5.91. The Morgan fingerprint density at radius 3 is 2.26 bits per heavy atom. The first kappa shape index (κ1) is 13.6. The van der Waals surface area contributed by atoms with Crippen LogP contribution < -0.4 is 5.01 Å². The highest BCUT2D eigenvalue weighted by atomic mass is 19.4. The molecule has 6 heteroatoms. The van der Waals surface area contributed by atoms with E-state index in [2.05, 4.69) is 5.10 Å². The van der Waals surface area contributed by atoms with Crippen molar-refractivity contribution in [1.82, 2.24) is 0 Å². The van der Waals surface area contributed by atoms with Crippen LogP contribution in [0.1, 0.15) is 25.8 Å². The molecule has 3 nitrogen and oxygen atoms in total. The van der Waals surface area contributed by atoms with Gasteiger partial charge in [-0.3, -0.25) is 4.79 Å². The Balaban J connectivity index is 2.27. The Hall–Kier alpha value is -1.85. The minimum atomic E-state index is -4.38. The van der Waals surface area contributed by atoms with Gasteiger partial charge in [0.2, 0.25) is 0 Å². The molecule has 1 aliphatic rings. The van der Waals surface area contributed by atoms with Crippen molar-refractivity contribution in [3.05, 3.63) is 29.8 Å². The van der Waals surface area contributed by atoms with Crippen LogP contribution in [0.25, 0.3) is 0 Å². The Morgan fingerprint density at radius 1 is 1.26 bits per heavy atom. The second-order valence-corrected chi connectivity index (χ2v) is 4.40. The number of hydrogen-bond donors (Lipinski definition) is 0. The molecule has 0 saturated heterocycles. The van der Waals surface area contributed by atoms with Gasteiger partial charge in [-0.15, -0.1) is 0 Å². The van der Waals surface area contributed by atoms with Gasteiger partial charge >= 0.3 is 6.18 Å². The van der Waals surface area contributed by atoms with Crippen LogP contribution in [-0.4, -0.2) is 11.6 Å². The Morgan fingerprint density at radius 2 is 1.84 bits per heavy atom. The van der Waals surface area contributed by atoms with E-state index in [1.54, 1.807) is 6.92 Å². The van der Waals surface area contributed by atoms with Crippen molar-refractivity contribution in [2.24, 2.45) is 11.0 Å². The van der Waals surface area contributed by atoms with Crippen molar-refractivity contribution in [2.75, 3.05) is 5.01 Å². The lowest BCUT2D eigenvalue weighted by atomic mass is 10.0. The number of halogens is 3. The summed E-state index contributed by atoms with van der Waals surface area (Å²) in [6, 6.07) is 4.42. The smallest absolute Gasteiger partial charge is 0.272 e. The predicted octanol–water partition coefficient (Wildman–Crippen LogP) is 3.45. The van der Waals surface area contributed by atoms with Crippen LogP contribution in [0.5, 0.6) is 0 Å². The molecular weight excluding hydrogens is 257 g/mol. The summed E-state index contributed by atoms with van der Waals surface area (Å²) in [6.45, 7) is 3.62. The van der Waals surface area contributed by atoms with Crippen molar-refractivity contribution in [2.45, 2.75) is 26.4 Å². The number of carbonyl (C=O) groups is 1. The van der Waals surface area contributed by atoms with E-state index in [0.717, 1.165) is 12.1 Å². The molecule has 0 aromatic heterocycles. The van der Waals surface area contributed by atoms with Crippen molar-refractivity contribution >= 4 is 17.3 Å². The highest BCUT2D eigenvalue weighted by molar-refractivity contribution is 6.14. The maximum atomic E-state index is 12.4. The average molecular weight is 270 g/mol. The van der Waals surface area contributed by atoms with Gasteiger partial charge in [0.05, 0.1) is 17.2 Å². The van der Waals surface area contributed by atoms with Crippen molar-refractivity contribution in [1.29, 1.82) is 0 Å². The molecule has 1 atom stereocenters. The maximum Gasteiger partial charge on any atom is 0.416 e. The standard InChI is InChI=1S/C13H13F3N2O/c1-3-11-8(2)17-18(12(11)19)10-6-4-9(5-7-10)13(14,15)16/h4-7,11H,3H2,1-2H3. The summed E-state index contributed by atoms with van der Waals surface area (Å²) in [5.74, 6) is -0.470. The number of nitrogens with zero attached hydrogens (tertiary/aromatic N) is 2. The first-order chi connectivity index (χ1) is 8.84. The zero-order valence-electron chi connectivity index (χ0n) is 10.5. The largest absolute Gasteiger partial charge is 0.416 e. The van der Waals surface area contributed by atoms with E-state index in [1.807, 2.05) is 6.92 Å². The summed E-state index contributed by atoms with van der Waals surface area (Å²) >= 11 is 0. The number of rotatable bonds is 2. The zero-order chi connectivity index (χ0) is 14.2. The molecule has 19 heavy (non-hydrogen) atoms. The summed E-state index contributed by atoms with van der Waals surface area (Å²) in [6.07, 6.45) is -3.75. The Bertz CT molecular complexity index is 520. The number of alkyl halides is 3. The molecule has 1 heterocycles. The average Bonchev–Trinajstić information content (AvgIpc) is 2.63. The molecule has 102 valence electrons. The van der Waals surface area contributed by atoms with E-state index in [9.17, 15) is 18.0 Å². The summed E-state index contributed by atoms with van der Waals surface area (Å²) in [4.78, 5) is 12.0. The molecule has 1 aromatic carbocycles. The Kier molecular flexibility index (Phi) is 3.34. The third-order valence-corrected chi connectivity index (χ3v) is 3.12. The topological polar surface area (TPSA) is 32.7 Å². The van der Waals surface area contributed by atoms with Gasteiger partial charge in [-0.1, -0.05) is 6.92 Å². The fraction of sp³-hybridized carbons (Fsp3) is 0.385. The van der Waals surface area contributed by atoms with Crippen molar-refractivity contribution < 1.29 is 18.0 Å². The molecule has 1 unspecified atom stereocenters. The van der Waals surface area contributed by atoms with Gasteiger partial charge in [-0.25, -0.2) is 5.01 Å². The molecule has 2 rings (SSSR count). The second-order valence-electron chi connectivity index (χ2n) is 4.40. The lowest BCUT2D eigenvalue weighted by Gasteiger charge is -2.14. The minimum absolute atomic E-state index is 0.195. The molecule has 0 spiro atoms. The SMILES string of the molecule is CCC1C(=O)N(c2ccc(C(F)(F)F)cc2)N=C1C. The first-order valence-corrected chi connectivity index (χ1v) is 5.91. The molecule has 0 radical (unpaired) electrons. The predicted molar refractivity (Wildman–Crippen MR) is 65.8 cm³/mol. The van der Waals surface area contributed by atoms with Crippen LogP contribution in [-0.2, 0) is 11.0 Å². The summed E-state index contributed by atoms with van der Waals surface area (Å²) < 4.78 is 37.3. The van der Waals surface area contributed by atoms with Crippen LogP contribution in [0.2, 0.25) is 0 Å². The number of amides is 1. The number of anilines is 1. The second kappa shape index (κ2) is 4.68. The number of benzene rings is 1. The van der Waals surface area contributed by atoms with Gasteiger partial charge in [-0.2, -0.15) is 18.3 Å². The number of hydrazone groups is 1. The molecule has 0 N–H and O–H groups in total. The summed E-state index contributed by atoms with van der Waals surface area (Å²) in [7, 11) is 0. The van der Waals surface area contributed by atoms with Gasteiger partial charge in [0.25, 0.3) is 5.91 Å². The number of hydrogen-bond acceptors (Lipinski definition) is 2. The minimum Gasteiger partial charge on any atom is -0.272 e. The van der Waals surface area contributed by atoms with Gasteiger partial charge in [0, 0.05) is 5.71 Å². The third-order valence-electron chi connectivity index (χ3n) is 3.12. The van der Waals surface area contributed by atoms with Crippen LogP contribution in [0.15, 0.2) is 29.4 Å². The van der Waals surface area contributed by atoms with Crippen LogP contribution in [0, 0.1) is 5.92 Å². The van der Waals surface area contributed by atoms with Gasteiger partial charge < -0.3 is 0 Å². The van der Waals surface area contributed by atoms with Crippen molar-refractivity contribution in [3.8, 4) is 0 Å². The number of carbonyl (C=O) groups excluding carboxylic acids is 1. The van der Waals surface area contributed by atoms with E-state index in [0.29, 0.717) is 17.8 Å². The molecule has 1 aliphatic heterocycles. The molecule has 0 fully saturated rings. The lowest BCUT2D eigenvalue weighted by molar-refractivity contribution is -0.137. The fourth-order valence-corrected chi connectivity index (χ4v) is 2.05. The van der Waals surface area contributed by atoms with E-state index in [4.69, 9.17) is 0 Å². The zero-order valence-corrected chi connectivity index (χ0v) is 10.5. The van der Waals surface area contributed by atoms with E-state index >= 15 is 0 Å². The monoisotopic (exact) mass is 270 g/mol. The third kappa shape index (κ3) is 2.47. The molecule has 0 bridgehead atoms. The highest BCUT2D eigenvalue weighted by Crippen LogP contribution is 2.32. The van der Waals surface area contributed by atoms with Crippen molar-refractivity contribution in [3.63, 3.8) is 0 Å². The van der Waals surface area contributed by atoms with Gasteiger partial charge in [0.15, 0.2) is 0 Å². The summed E-state index contributed by atoms with van der Waals surface area (Å²) in [5, 5.41) is 5.27. The summed E-state index contributed by atoms with van der Waals surface area (Å²) in [5.41, 5.74) is 0.302. The van der Waals surface area contributed by atoms with Crippen LogP contribution in [0.4, 0.5) is 18.9 Å². The molecule has 1 aromatic rings. The molecule has 0 saturated carbocycles. The molecule has 0 aliphatic carbocycles. The maximum absolute atomic E-state index is 12.4. The van der Waals surface area contributed by atoms with Gasteiger partial charge in [-0.05, 0) is 37.6 Å². The van der Waals surface area contributed by atoms with Crippen LogP contribution in [0.3, 0.4) is 0 Å².